The molecule has 0 aliphatic rings. The minimum Gasteiger partial charge on any atom is -0.466 e. The number of ether oxygens (including phenoxy) is 2. The second-order valence-corrected chi connectivity index (χ2v) is 4.47. The van der Waals surface area contributed by atoms with E-state index in [9.17, 15) is 9.59 Å². The maximum atomic E-state index is 11.8. The number of hydrogen-bond acceptors (Lipinski definition) is 8. The fourth-order valence-electron chi connectivity index (χ4n) is 1.80. The Morgan fingerprint density at radius 1 is 1.26 bits per heavy atom. The average molecular weight is 317 g/mol. The van der Waals surface area contributed by atoms with Gasteiger partial charge in [-0.2, -0.15) is 4.68 Å². The second-order valence-electron chi connectivity index (χ2n) is 4.47. The van der Waals surface area contributed by atoms with Crippen LogP contribution in [-0.2, 0) is 19.1 Å². The van der Waals surface area contributed by atoms with Crippen molar-refractivity contribution >= 4 is 17.6 Å². The van der Waals surface area contributed by atoms with E-state index in [0.29, 0.717) is 11.4 Å². The number of tetrazole rings is 1. The second kappa shape index (κ2) is 7.16. The predicted molar refractivity (Wildman–Crippen MR) is 79.6 cm³/mol. The summed E-state index contributed by atoms with van der Waals surface area (Å²) in [4.78, 5) is 23.3. The molecule has 23 heavy (non-hydrogen) atoms. The van der Waals surface area contributed by atoms with Gasteiger partial charge in [0.15, 0.2) is 0 Å². The molecule has 0 spiro atoms. The van der Waals surface area contributed by atoms with Gasteiger partial charge in [0.05, 0.1) is 31.7 Å². The summed E-state index contributed by atoms with van der Waals surface area (Å²) in [6.07, 6.45) is 2.43. The maximum Gasteiger partial charge on any atom is 0.354 e. The van der Waals surface area contributed by atoms with E-state index < -0.39 is 11.9 Å². The van der Waals surface area contributed by atoms with Crippen LogP contribution in [0.3, 0.4) is 0 Å². The molecular formula is C14H15N5O4. The van der Waals surface area contributed by atoms with Crippen LogP contribution in [0, 0.1) is 6.92 Å². The van der Waals surface area contributed by atoms with Gasteiger partial charge in [0.1, 0.15) is 12.0 Å². The number of nitrogens with one attached hydrogen (secondary N) is 1. The van der Waals surface area contributed by atoms with Gasteiger partial charge in [0.2, 0.25) is 0 Å². The van der Waals surface area contributed by atoms with Gasteiger partial charge in [-0.25, -0.2) is 9.59 Å². The lowest BCUT2D eigenvalue weighted by Gasteiger charge is -2.13. The molecule has 9 nitrogen and oxygen atoms in total. The molecule has 0 bridgehead atoms. The molecule has 0 saturated heterocycles. The largest absolute Gasteiger partial charge is 0.466 e. The molecule has 1 N–H and O–H groups in total. The molecule has 0 fully saturated rings. The number of methoxy groups -OCH3 is 2. The number of carbonyl (C=O) groups is 2. The van der Waals surface area contributed by atoms with Gasteiger partial charge in [0, 0.05) is 0 Å². The van der Waals surface area contributed by atoms with Gasteiger partial charge < -0.3 is 14.8 Å². The number of esters is 2. The molecule has 0 atom stereocenters. The highest BCUT2D eigenvalue weighted by Crippen LogP contribution is 2.22. The number of carbonyl (C=O) groups excluding carboxylic acids is 2. The number of rotatable bonds is 5. The third kappa shape index (κ3) is 3.90. The molecule has 1 heterocycles. The molecular weight excluding hydrogens is 302 g/mol. The Morgan fingerprint density at radius 3 is 2.65 bits per heavy atom. The lowest BCUT2D eigenvalue weighted by molar-refractivity contribution is -0.138. The molecule has 1 aromatic heterocycles. The van der Waals surface area contributed by atoms with Crippen molar-refractivity contribution in [3.63, 3.8) is 0 Å². The number of anilines is 1. The van der Waals surface area contributed by atoms with Crippen molar-refractivity contribution in [3.8, 4) is 5.69 Å². The van der Waals surface area contributed by atoms with Gasteiger partial charge >= 0.3 is 11.9 Å². The van der Waals surface area contributed by atoms with Crippen LogP contribution in [0.2, 0.25) is 0 Å². The first kappa shape index (κ1) is 16.1. The summed E-state index contributed by atoms with van der Waals surface area (Å²) in [6, 6.07) is 5.43. The van der Waals surface area contributed by atoms with Crippen LogP contribution in [-0.4, -0.2) is 46.4 Å². The lowest BCUT2D eigenvalue weighted by atomic mass is 10.2. The smallest absolute Gasteiger partial charge is 0.354 e. The summed E-state index contributed by atoms with van der Waals surface area (Å²) in [5, 5.41) is 13.8. The topological polar surface area (TPSA) is 108 Å². The molecule has 0 saturated carbocycles. The van der Waals surface area contributed by atoms with E-state index in [1.807, 2.05) is 13.0 Å². The number of nitrogens with zero attached hydrogens (tertiary/aromatic N) is 4. The van der Waals surface area contributed by atoms with Crippen molar-refractivity contribution in [2.75, 3.05) is 19.5 Å². The van der Waals surface area contributed by atoms with Crippen LogP contribution < -0.4 is 5.32 Å². The van der Waals surface area contributed by atoms with E-state index >= 15 is 0 Å². The van der Waals surface area contributed by atoms with Crippen LogP contribution in [0.25, 0.3) is 5.69 Å². The summed E-state index contributed by atoms with van der Waals surface area (Å²) in [5.41, 5.74) is 1.99. The third-order valence-electron chi connectivity index (χ3n) is 2.89. The average Bonchev–Trinajstić information content (AvgIpc) is 3.07. The molecule has 2 aromatic rings. The lowest BCUT2D eigenvalue weighted by Crippen LogP contribution is -2.16. The third-order valence-corrected chi connectivity index (χ3v) is 2.89. The minimum absolute atomic E-state index is 0.0701. The van der Waals surface area contributed by atoms with E-state index in [2.05, 4.69) is 30.3 Å². The zero-order valence-electron chi connectivity index (χ0n) is 12.8. The minimum atomic E-state index is -0.709. The molecule has 0 unspecified atom stereocenters. The zero-order valence-corrected chi connectivity index (χ0v) is 12.8. The highest BCUT2D eigenvalue weighted by molar-refractivity contribution is 5.99. The van der Waals surface area contributed by atoms with Crippen molar-refractivity contribution in [3.05, 3.63) is 41.9 Å². The molecule has 0 aliphatic carbocycles. The fourth-order valence-corrected chi connectivity index (χ4v) is 1.80. The normalized spacial score (nSPS) is 11.0. The van der Waals surface area contributed by atoms with Crippen LogP contribution in [0.5, 0.6) is 0 Å². The Labute approximate surface area is 131 Å². The Morgan fingerprint density at radius 2 is 2.04 bits per heavy atom. The molecule has 0 radical (unpaired) electrons. The number of aromatic nitrogens is 4. The highest BCUT2D eigenvalue weighted by atomic mass is 16.5. The molecule has 0 aliphatic heterocycles. The first-order chi connectivity index (χ1) is 11.0. The van der Waals surface area contributed by atoms with Gasteiger partial charge in [-0.3, -0.25) is 0 Å². The van der Waals surface area contributed by atoms with Gasteiger partial charge in [-0.1, -0.05) is 6.07 Å². The zero-order chi connectivity index (χ0) is 16.8. The standard InChI is InChI=1S/C14H15N5O4/c1-9-4-5-12(19-8-15-17-18-19)10(6-9)16-11(14(21)23-3)7-13(20)22-2/h4-8,16H,1-3H3/b11-7+. The van der Waals surface area contributed by atoms with E-state index in [1.165, 1.54) is 25.2 Å². The van der Waals surface area contributed by atoms with Crippen molar-refractivity contribution < 1.29 is 19.1 Å². The van der Waals surface area contributed by atoms with Crippen molar-refractivity contribution in [2.45, 2.75) is 6.92 Å². The summed E-state index contributed by atoms with van der Waals surface area (Å²) in [6.45, 7) is 1.89. The first-order valence-electron chi connectivity index (χ1n) is 6.54. The summed E-state index contributed by atoms with van der Waals surface area (Å²) in [5.74, 6) is -1.39. The van der Waals surface area contributed by atoms with E-state index in [1.54, 1.807) is 12.1 Å². The summed E-state index contributed by atoms with van der Waals surface area (Å²) >= 11 is 0. The molecule has 1 aromatic carbocycles. The van der Waals surface area contributed by atoms with Crippen LogP contribution in [0.1, 0.15) is 5.56 Å². The summed E-state index contributed by atoms with van der Waals surface area (Å²) in [7, 11) is 2.43. The molecule has 2 rings (SSSR count). The maximum absolute atomic E-state index is 11.8. The highest BCUT2D eigenvalue weighted by Gasteiger charge is 2.15. The summed E-state index contributed by atoms with van der Waals surface area (Å²) < 4.78 is 10.6. The predicted octanol–water partition coefficient (Wildman–Crippen LogP) is 0.613. The quantitative estimate of drug-likeness (QED) is 0.631. The molecule has 9 heteroatoms. The molecule has 0 amide bonds. The SMILES string of the molecule is COC(=O)/C=C(/Nc1cc(C)ccc1-n1cnnn1)C(=O)OC. The number of aryl methyl sites for hydroxylation is 1. The Hall–Kier alpha value is -3.23. The fraction of sp³-hybridized carbons (Fsp3) is 0.214. The molecule has 120 valence electrons. The number of benzene rings is 1. The van der Waals surface area contributed by atoms with Crippen molar-refractivity contribution in [1.82, 2.24) is 20.2 Å². The van der Waals surface area contributed by atoms with Crippen LogP contribution in [0.4, 0.5) is 5.69 Å². The van der Waals surface area contributed by atoms with Crippen LogP contribution in [0.15, 0.2) is 36.3 Å². The van der Waals surface area contributed by atoms with Crippen molar-refractivity contribution in [2.24, 2.45) is 0 Å². The van der Waals surface area contributed by atoms with E-state index in [0.717, 1.165) is 11.6 Å². The van der Waals surface area contributed by atoms with E-state index in [-0.39, 0.29) is 5.70 Å². The van der Waals surface area contributed by atoms with Crippen molar-refractivity contribution in [1.29, 1.82) is 0 Å². The number of hydrogen-bond donors (Lipinski definition) is 1. The van der Waals surface area contributed by atoms with Crippen LogP contribution >= 0.6 is 0 Å². The van der Waals surface area contributed by atoms with Gasteiger partial charge in [0.25, 0.3) is 0 Å². The van der Waals surface area contributed by atoms with Gasteiger partial charge in [-0.05, 0) is 35.0 Å². The first-order valence-corrected chi connectivity index (χ1v) is 6.54. The monoisotopic (exact) mass is 317 g/mol. The van der Waals surface area contributed by atoms with E-state index in [4.69, 9.17) is 0 Å². The Bertz CT molecular complexity index is 740. The Kier molecular flexibility index (Phi) is 5.03. The van der Waals surface area contributed by atoms with Gasteiger partial charge in [-0.15, -0.1) is 5.10 Å². The Balaban J connectivity index is 2.44.